The molecule has 9 heteroatoms. The molecule has 1 aromatic heterocycles. The fourth-order valence-electron chi connectivity index (χ4n) is 8.13. The van der Waals surface area contributed by atoms with Crippen molar-refractivity contribution in [3.05, 3.63) is 107 Å². The number of methoxy groups -OCH3 is 6. The zero-order valence-corrected chi connectivity index (χ0v) is 32.3. The number of ether oxygens (including phenoxy) is 6. The summed E-state index contributed by atoms with van der Waals surface area (Å²) < 4.78 is 33.9. The molecule has 2 heterocycles. The van der Waals surface area contributed by atoms with Crippen molar-refractivity contribution in [1.82, 2.24) is 9.88 Å². The third kappa shape index (κ3) is 7.64. The Morgan fingerprint density at radius 1 is 0.648 bits per heavy atom. The van der Waals surface area contributed by atoms with E-state index >= 15 is 0 Å². The number of aromatic nitrogens is 1. The molecule has 0 radical (unpaired) electrons. The molecule has 0 unspecified atom stereocenters. The van der Waals surface area contributed by atoms with E-state index in [2.05, 4.69) is 64.4 Å². The number of hydrogen-bond donors (Lipinski definition) is 0. The summed E-state index contributed by atoms with van der Waals surface area (Å²) in [6.45, 7) is 3.65. The first-order chi connectivity index (χ1) is 26.5. The lowest BCUT2D eigenvalue weighted by Crippen LogP contribution is -2.44. The molecule has 9 nitrogen and oxygen atoms in total. The quantitative estimate of drug-likeness (QED) is 0.112. The first-order valence-electron chi connectivity index (χ1n) is 18.7. The van der Waals surface area contributed by atoms with Crippen LogP contribution in [0.15, 0.2) is 85.1 Å². The normalized spacial score (nSPS) is 14.3. The first kappa shape index (κ1) is 36.9. The average molecular weight is 730 g/mol. The standard InChI is InChI=1S/C45H51N3O6/c1-49-40-24-34(25-41(50-2)44(40)53-5)38-13-8-7-10-33(38)29-48(37-15-14-31-11-9-12-32(31)23-37)36-17-20-47(21-18-36)28-30-16-19-46-39(22-30)35-26-42(51-3)45(54-6)43(27-35)52-4/h7-8,10,13-16,19,22-27,36H,9,11-12,17-18,20-21,28-29H2,1-6H3. The Morgan fingerprint density at radius 3 is 1.89 bits per heavy atom. The van der Waals surface area contributed by atoms with Crippen molar-refractivity contribution in [2.75, 3.05) is 60.6 Å². The predicted octanol–water partition coefficient (Wildman–Crippen LogP) is 8.63. The minimum absolute atomic E-state index is 0.390. The van der Waals surface area contributed by atoms with Crippen molar-refractivity contribution in [3.63, 3.8) is 0 Å². The zero-order valence-electron chi connectivity index (χ0n) is 32.3. The van der Waals surface area contributed by atoms with Crippen LogP contribution in [0.25, 0.3) is 22.4 Å². The van der Waals surface area contributed by atoms with Gasteiger partial charge in [-0.15, -0.1) is 0 Å². The van der Waals surface area contributed by atoms with Crippen molar-refractivity contribution in [3.8, 4) is 56.9 Å². The molecule has 54 heavy (non-hydrogen) atoms. The average Bonchev–Trinajstić information content (AvgIpc) is 3.70. The second kappa shape index (κ2) is 16.7. The van der Waals surface area contributed by atoms with Gasteiger partial charge in [0.05, 0.1) is 48.4 Å². The molecule has 0 saturated carbocycles. The van der Waals surface area contributed by atoms with Crippen molar-refractivity contribution in [2.24, 2.45) is 0 Å². The van der Waals surface area contributed by atoms with Crippen molar-refractivity contribution in [1.29, 1.82) is 0 Å². The smallest absolute Gasteiger partial charge is 0.203 e. The monoisotopic (exact) mass is 729 g/mol. The Morgan fingerprint density at radius 2 is 1.26 bits per heavy atom. The van der Waals surface area contributed by atoms with E-state index in [0.717, 1.165) is 67.8 Å². The number of piperidine rings is 1. The summed E-state index contributed by atoms with van der Waals surface area (Å²) in [5, 5.41) is 0. The third-order valence-electron chi connectivity index (χ3n) is 10.9. The van der Waals surface area contributed by atoms with Crippen LogP contribution < -0.4 is 33.3 Å². The summed E-state index contributed by atoms with van der Waals surface area (Å²) >= 11 is 0. The molecule has 0 atom stereocenters. The zero-order chi connectivity index (χ0) is 37.6. The Labute approximate surface area is 319 Å². The van der Waals surface area contributed by atoms with E-state index < -0.39 is 0 Å². The van der Waals surface area contributed by atoms with Gasteiger partial charge < -0.3 is 33.3 Å². The van der Waals surface area contributed by atoms with Gasteiger partial charge in [-0.2, -0.15) is 0 Å². The Hall–Kier alpha value is -5.41. The van der Waals surface area contributed by atoms with Crippen molar-refractivity contribution in [2.45, 2.75) is 51.2 Å². The number of rotatable bonds is 14. The van der Waals surface area contributed by atoms with Crippen LogP contribution in [0.3, 0.4) is 0 Å². The van der Waals surface area contributed by atoms with Gasteiger partial charge in [0, 0.05) is 49.7 Å². The van der Waals surface area contributed by atoms with E-state index in [1.165, 1.54) is 40.8 Å². The Bertz CT molecular complexity index is 2030. The molecule has 4 aromatic carbocycles. The summed E-state index contributed by atoms with van der Waals surface area (Å²) in [4.78, 5) is 9.92. The van der Waals surface area contributed by atoms with Gasteiger partial charge in [0.1, 0.15) is 0 Å². The summed E-state index contributed by atoms with van der Waals surface area (Å²) in [5.41, 5.74) is 10.7. The van der Waals surface area contributed by atoms with Crippen LogP contribution in [0.2, 0.25) is 0 Å². The Kier molecular flexibility index (Phi) is 11.4. The van der Waals surface area contributed by atoms with Gasteiger partial charge in [-0.3, -0.25) is 9.88 Å². The largest absolute Gasteiger partial charge is 0.493 e. The molecule has 2 aliphatic rings. The lowest BCUT2D eigenvalue weighted by atomic mass is 9.95. The fraction of sp³-hybridized carbons (Fsp3) is 0.356. The number of hydrogen-bond acceptors (Lipinski definition) is 9. The van der Waals surface area contributed by atoms with Crippen molar-refractivity contribution < 1.29 is 28.4 Å². The molecule has 1 aliphatic heterocycles. The molecular weight excluding hydrogens is 679 g/mol. The number of anilines is 1. The second-order valence-electron chi connectivity index (χ2n) is 14.0. The lowest BCUT2D eigenvalue weighted by Gasteiger charge is -2.40. The minimum Gasteiger partial charge on any atom is -0.493 e. The number of fused-ring (bicyclic) bond motifs is 1. The van der Waals surface area contributed by atoms with E-state index in [0.29, 0.717) is 40.5 Å². The second-order valence-corrected chi connectivity index (χ2v) is 14.0. The number of nitrogens with zero attached hydrogens (tertiary/aromatic N) is 3. The summed E-state index contributed by atoms with van der Waals surface area (Å²) in [5.74, 6) is 3.68. The summed E-state index contributed by atoms with van der Waals surface area (Å²) in [6.07, 6.45) is 7.58. The van der Waals surface area contributed by atoms with Gasteiger partial charge in [0.15, 0.2) is 23.0 Å². The molecular formula is C45H51N3O6. The summed E-state index contributed by atoms with van der Waals surface area (Å²) in [6, 6.07) is 28.5. The van der Waals surface area contributed by atoms with Gasteiger partial charge in [0.2, 0.25) is 11.5 Å². The highest BCUT2D eigenvalue weighted by molar-refractivity contribution is 5.74. The van der Waals surface area contributed by atoms with Crippen LogP contribution in [0.5, 0.6) is 34.5 Å². The highest BCUT2D eigenvalue weighted by Gasteiger charge is 2.28. The van der Waals surface area contributed by atoms with Crippen LogP contribution in [-0.2, 0) is 25.9 Å². The van der Waals surface area contributed by atoms with Crippen molar-refractivity contribution >= 4 is 5.69 Å². The van der Waals surface area contributed by atoms with E-state index in [4.69, 9.17) is 33.4 Å². The molecule has 0 bridgehead atoms. The highest BCUT2D eigenvalue weighted by Crippen LogP contribution is 2.43. The molecule has 0 spiro atoms. The minimum atomic E-state index is 0.390. The lowest BCUT2D eigenvalue weighted by molar-refractivity contribution is 0.201. The van der Waals surface area contributed by atoms with Gasteiger partial charge in [-0.05, 0) is 114 Å². The van der Waals surface area contributed by atoms with E-state index in [-0.39, 0.29) is 0 Å². The molecule has 1 fully saturated rings. The number of pyridine rings is 1. The SMILES string of the molecule is COc1cc(-c2cc(CN3CCC(N(Cc4ccccc4-c4cc(OC)c(OC)c(OC)c4)c4ccc5c(c4)CCC5)CC3)ccn2)cc(OC)c1OC. The van der Waals surface area contributed by atoms with Gasteiger partial charge in [0.25, 0.3) is 0 Å². The maximum atomic E-state index is 5.74. The van der Waals surface area contributed by atoms with E-state index in [1.807, 2.05) is 30.5 Å². The van der Waals surface area contributed by atoms with Crippen LogP contribution in [-0.4, -0.2) is 71.7 Å². The maximum Gasteiger partial charge on any atom is 0.203 e. The van der Waals surface area contributed by atoms with Gasteiger partial charge in [-0.25, -0.2) is 0 Å². The van der Waals surface area contributed by atoms with E-state index in [9.17, 15) is 0 Å². The number of likely N-dealkylation sites (tertiary alicyclic amines) is 1. The molecule has 1 saturated heterocycles. The Balaban J connectivity index is 1.13. The topological polar surface area (TPSA) is 74.8 Å². The van der Waals surface area contributed by atoms with Crippen LogP contribution >= 0.6 is 0 Å². The van der Waals surface area contributed by atoms with Crippen LogP contribution in [0, 0.1) is 0 Å². The first-order valence-corrected chi connectivity index (χ1v) is 18.7. The summed E-state index contributed by atoms with van der Waals surface area (Å²) in [7, 11) is 9.85. The fourth-order valence-corrected chi connectivity index (χ4v) is 8.13. The predicted molar refractivity (Wildman–Crippen MR) is 214 cm³/mol. The van der Waals surface area contributed by atoms with E-state index in [1.54, 1.807) is 42.7 Å². The number of benzene rings is 4. The highest BCUT2D eigenvalue weighted by atomic mass is 16.5. The molecule has 7 rings (SSSR count). The third-order valence-corrected chi connectivity index (χ3v) is 10.9. The maximum absolute atomic E-state index is 5.74. The molecule has 1 aliphatic carbocycles. The van der Waals surface area contributed by atoms with Gasteiger partial charge >= 0.3 is 0 Å². The molecule has 0 amide bonds. The molecule has 5 aromatic rings. The van der Waals surface area contributed by atoms with Crippen LogP contribution in [0.1, 0.15) is 41.5 Å². The van der Waals surface area contributed by atoms with Crippen LogP contribution in [0.4, 0.5) is 5.69 Å². The molecule has 0 N–H and O–H groups in total. The molecule has 282 valence electrons. The number of aryl methyl sites for hydroxylation is 2. The van der Waals surface area contributed by atoms with Gasteiger partial charge in [-0.1, -0.05) is 30.3 Å².